The highest BCUT2D eigenvalue weighted by molar-refractivity contribution is 7.11. The Morgan fingerprint density at radius 2 is 2.20 bits per heavy atom. The Morgan fingerprint density at radius 1 is 1.36 bits per heavy atom. The third-order valence-corrected chi connectivity index (χ3v) is 4.71. The molecule has 25 heavy (non-hydrogen) atoms. The second-order valence-electron chi connectivity index (χ2n) is 5.36. The number of rotatable bonds is 7. The number of halogens is 1. The van der Waals surface area contributed by atoms with Crippen LogP contribution >= 0.6 is 11.3 Å². The molecule has 0 saturated carbocycles. The number of thiazole rings is 1. The molecule has 2 aromatic rings. The van der Waals surface area contributed by atoms with Gasteiger partial charge in [0.2, 0.25) is 0 Å². The van der Waals surface area contributed by atoms with Crippen LogP contribution in [-0.4, -0.2) is 24.0 Å². The van der Waals surface area contributed by atoms with E-state index in [0.29, 0.717) is 30.2 Å². The molecule has 1 aromatic heterocycles. The highest BCUT2D eigenvalue weighted by Crippen LogP contribution is 2.13. The van der Waals surface area contributed by atoms with E-state index in [4.69, 9.17) is 5.26 Å². The largest absolute Gasteiger partial charge is 0.357 e. The van der Waals surface area contributed by atoms with Gasteiger partial charge in [0, 0.05) is 36.1 Å². The normalized spacial score (nSPS) is 11.2. The maximum Gasteiger partial charge on any atom is 0.191 e. The topological polar surface area (TPSA) is 73.1 Å². The number of nitriles is 1. The quantitative estimate of drug-likeness (QED) is 0.589. The van der Waals surface area contributed by atoms with Crippen LogP contribution in [0.2, 0.25) is 0 Å². The first-order valence-corrected chi connectivity index (χ1v) is 9.12. The smallest absolute Gasteiger partial charge is 0.191 e. The SMILES string of the molecule is CCNC(=NCc1cc(C#N)ccc1F)NCCc1ncc(CC)s1. The maximum absolute atomic E-state index is 13.8. The average molecular weight is 359 g/mol. The molecule has 0 aliphatic rings. The number of nitrogens with one attached hydrogen (secondary N) is 2. The van der Waals surface area contributed by atoms with Gasteiger partial charge in [0.15, 0.2) is 5.96 Å². The number of aliphatic imine (C=N–C) groups is 1. The molecule has 5 nitrogen and oxygen atoms in total. The highest BCUT2D eigenvalue weighted by Gasteiger charge is 2.05. The molecule has 1 aromatic carbocycles. The van der Waals surface area contributed by atoms with Gasteiger partial charge in [0.25, 0.3) is 0 Å². The third kappa shape index (κ3) is 5.84. The summed E-state index contributed by atoms with van der Waals surface area (Å²) < 4.78 is 13.8. The molecular formula is C18H22FN5S. The standard InChI is InChI=1S/C18H22FN5S/c1-3-15-12-23-17(25-15)7-8-22-18(21-4-2)24-11-14-9-13(10-20)5-6-16(14)19/h5-6,9,12H,3-4,7-8,11H2,1-2H3,(H2,21,22,24). The van der Waals surface area contributed by atoms with Crippen molar-refractivity contribution in [3.63, 3.8) is 0 Å². The molecule has 0 spiro atoms. The summed E-state index contributed by atoms with van der Waals surface area (Å²) in [5.74, 6) is 0.269. The van der Waals surface area contributed by atoms with Crippen molar-refractivity contribution in [1.82, 2.24) is 15.6 Å². The van der Waals surface area contributed by atoms with Gasteiger partial charge in [-0.2, -0.15) is 5.26 Å². The van der Waals surface area contributed by atoms with Gasteiger partial charge >= 0.3 is 0 Å². The molecule has 0 amide bonds. The first kappa shape index (κ1) is 18.9. The lowest BCUT2D eigenvalue weighted by atomic mass is 10.1. The number of hydrogen-bond donors (Lipinski definition) is 2. The number of guanidine groups is 1. The lowest BCUT2D eigenvalue weighted by Gasteiger charge is -2.11. The van der Waals surface area contributed by atoms with Crippen molar-refractivity contribution < 1.29 is 4.39 Å². The maximum atomic E-state index is 13.8. The van der Waals surface area contributed by atoms with E-state index in [1.807, 2.05) is 19.2 Å². The van der Waals surface area contributed by atoms with E-state index in [-0.39, 0.29) is 12.4 Å². The zero-order chi connectivity index (χ0) is 18.1. The molecule has 0 saturated heterocycles. The molecule has 7 heteroatoms. The zero-order valence-corrected chi connectivity index (χ0v) is 15.3. The van der Waals surface area contributed by atoms with Crippen LogP contribution in [0.15, 0.2) is 29.4 Å². The first-order chi connectivity index (χ1) is 12.2. The number of nitrogens with zero attached hydrogens (tertiary/aromatic N) is 3. The van der Waals surface area contributed by atoms with E-state index in [1.165, 1.54) is 23.1 Å². The lowest BCUT2D eigenvalue weighted by Crippen LogP contribution is -2.38. The molecule has 2 N–H and O–H groups in total. The van der Waals surface area contributed by atoms with Gasteiger partial charge in [-0.05, 0) is 31.5 Å². The summed E-state index contributed by atoms with van der Waals surface area (Å²) >= 11 is 1.72. The number of aromatic nitrogens is 1. The molecule has 2 rings (SSSR count). The van der Waals surface area contributed by atoms with Crippen molar-refractivity contribution >= 4 is 17.3 Å². The Kier molecular flexibility index (Phi) is 7.36. The van der Waals surface area contributed by atoms with Crippen LogP contribution in [0.25, 0.3) is 0 Å². The Labute approximate surface area is 151 Å². The zero-order valence-electron chi connectivity index (χ0n) is 14.5. The summed E-state index contributed by atoms with van der Waals surface area (Å²) in [6.45, 7) is 5.68. The van der Waals surface area contributed by atoms with Gasteiger partial charge in [-0.25, -0.2) is 14.4 Å². The van der Waals surface area contributed by atoms with Gasteiger partial charge < -0.3 is 10.6 Å². The molecule has 1 heterocycles. The van der Waals surface area contributed by atoms with Crippen molar-refractivity contribution in [3.05, 3.63) is 51.2 Å². The number of aryl methyl sites for hydroxylation is 1. The number of benzene rings is 1. The molecule has 0 atom stereocenters. The summed E-state index contributed by atoms with van der Waals surface area (Å²) in [4.78, 5) is 10.1. The minimum Gasteiger partial charge on any atom is -0.357 e. The van der Waals surface area contributed by atoms with Crippen molar-refractivity contribution in [2.75, 3.05) is 13.1 Å². The van der Waals surface area contributed by atoms with Crippen molar-refractivity contribution in [2.24, 2.45) is 4.99 Å². The van der Waals surface area contributed by atoms with E-state index in [9.17, 15) is 4.39 Å². The van der Waals surface area contributed by atoms with Crippen LogP contribution in [0.1, 0.15) is 34.9 Å². The lowest BCUT2D eigenvalue weighted by molar-refractivity contribution is 0.610. The van der Waals surface area contributed by atoms with Gasteiger partial charge in [-0.1, -0.05) is 6.92 Å². The fourth-order valence-corrected chi connectivity index (χ4v) is 3.05. The van der Waals surface area contributed by atoms with Crippen molar-refractivity contribution in [1.29, 1.82) is 5.26 Å². The Hall–Kier alpha value is -2.46. The van der Waals surface area contributed by atoms with Crippen LogP contribution in [-0.2, 0) is 19.4 Å². The second-order valence-corrected chi connectivity index (χ2v) is 6.56. The molecule has 0 bridgehead atoms. The van der Waals surface area contributed by atoms with Gasteiger partial charge in [0.05, 0.1) is 23.2 Å². The van der Waals surface area contributed by atoms with E-state index >= 15 is 0 Å². The molecule has 0 aliphatic heterocycles. The van der Waals surface area contributed by atoms with Gasteiger partial charge in [-0.15, -0.1) is 11.3 Å². The summed E-state index contributed by atoms with van der Waals surface area (Å²) in [5.41, 5.74) is 0.837. The summed E-state index contributed by atoms with van der Waals surface area (Å²) in [6.07, 6.45) is 3.74. The minimum absolute atomic E-state index is 0.175. The van der Waals surface area contributed by atoms with E-state index in [0.717, 1.165) is 17.8 Å². The van der Waals surface area contributed by atoms with E-state index < -0.39 is 0 Å². The van der Waals surface area contributed by atoms with Gasteiger partial charge in [0.1, 0.15) is 5.82 Å². The Morgan fingerprint density at radius 3 is 2.88 bits per heavy atom. The van der Waals surface area contributed by atoms with E-state index in [1.54, 1.807) is 11.3 Å². The fourth-order valence-electron chi connectivity index (χ4n) is 2.19. The molecule has 0 unspecified atom stereocenters. The average Bonchev–Trinajstić information content (AvgIpc) is 3.09. The van der Waals surface area contributed by atoms with Crippen LogP contribution in [0.3, 0.4) is 0 Å². The van der Waals surface area contributed by atoms with E-state index in [2.05, 4.69) is 27.5 Å². The molecule has 0 fully saturated rings. The molecule has 0 radical (unpaired) electrons. The molecule has 132 valence electrons. The Bertz CT molecular complexity index is 763. The van der Waals surface area contributed by atoms with Crippen LogP contribution in [0.4, 0.5) is 4.39 Å². The second kappa shape index (κ2) is 9.74. The van der Waals surface area contributed by atoms with Crippen molar-refractivity contribution in [3.8, 4) is 6.07 Å². The summed E-state index contributed by atoms with van der Waals surface area (Å²) in [7, 11) is 0. The fraction of sp³-hybridized carbons (Fsp3) is 0.389. The predicted octanol–water partition coefficient (Wildman–Crippen LogP) is 3.01. The number of hydrogen-bond acceptors (Lipinski definition) is 4. The van der Waals surface area contributed by atoms with Crippen molar-refractivity contribution in [2.45, 2.75) is 33.2 Å². The minimum atomic E-state index is -0.353. The van der Waals surface area contributed by atoms with Gasteiger partial charge in [-0.3, -0.25) is 0 Å². The predicted molar refractivity (Wildman–Crippen MR) is 99.1 cm³/mol. The molecule has 0 aliphatic carbocycles. The van der Waals surface area contributed by atoms with Crippen LogP contribution in [0, 0.1) is 17.1 Å². The van der Waals surface area contributed by atoms with Crippen LogP contribution < -0.4 is 10.6 Å². The highest BCUT2D eigenvalue weighted by atomic mass is 32.1. The third-order valence-electron chi connectivity index (χ3n) is 3.51. The van der Waals surface area contributed by atoms with Crippen LogP contribution in [0.5, 0.6) is 0 Å². The summed E-state index contributed by atoms with van der Waals surface area (Å²) in [5, 5.41) is 16.4. The Balaban J connectivity index is 1.95. The monoisotopic (exact) mass is 359 g/mol. The first-order valence-electron chi connectivity index (χ1n) is 8.30. The summed E-state index contributed by atoms with van der Waals surface area (Å²) in [6, 6.07) is 6.31. The molecular weight excluding hydrogens is 337 g/mol.